The molecule has 1 aliphatic heterocycles. The number of fused-ring (bicyclic) bond motifs is 1. The lowest BCUT2D eigenvalue weighted by atomic mass is 10.0. The molecular formula is C19H22N2O5. The number of aryl methyl sites for hydroxylation is 1. The number of urea groups is 1. The standard InChI is InChI=1S/C19H22N2O5/c1-12-8-16(23-2)17(24-3)9-13(12)6-7-20-19(22)21-14-4-5-15-18(10-14)26-11-25-15/h4-5,8-10H,6-7,11H2,1-3H3,(H2,20,21,22). The van der Waals surface area contributed by atoms with E-state index in [1.165, 1.54) is 0 Å². The van der Waals surface area contributed by atoms with Gasteiger partial charge in [-0.15, -0.1) is 0 Å². The molecule has 0 bridgehead atoms. The first-order valence-electron chi connectivity index (χ1n) is 8.26. The van der Waals surface area contributed by atoms with Gasteiger partial charge in [0, 0.05) is 18.3 Å². The van der Waals surface area contributed by atoms with Gasteiger partial charge in [-0.1, -0.05) is 0 Å². The number of hydrogen-bond donors (Lipinski definition) is 2. The van der Waals surface area contributed by atoms with E-state index in [1.807, 2.05) is 19.1 Å². The molecule has 0 unspecified atom stereocenters. The average molecular weight is 358 g/mol. The minimum Gasteiger partial charge on any atom is -0.493 e. The Bertz CT molecular complexity index is 807. The van der Waals surface area contributed by atoms with E-state index in [9.17, 15) is 4.79 Å². The van der Waals surface area contributed by atoms with Gasteiger partial charge in [0.15, 0.2) is 23.0 Å². The molecule has 2 N–H and O–H groups in total. The third-order valence-electron chi connectivity index (χ3n) is 4.15. The van der Waals surface area contributed by atoms with Crippen molar-refractivity contribution in [2.24, 2.45) is 0 Å². The number of amides is 2. The highest BCUT2D eigenvalue weighted by molar-refractivity contribution is 5.89. The molecular weight excluding hydrogens is 336 g/mol. The van der Waals surface area contributed by atoms with E-state index in [0.29, 0.717) is 41.7 Å². The van der Waals surface area contributed by atoms with Crippen molar-refractivity contribution in [2.45, 2.75) is 13.3 Å². The minimum absolute atomic E-state index is 0.204. The van der Waals surface area contributed by atoms with Crippen molar-refractivity contribution in [1.29, 1.82) is 0 Å². The molecule has 2 aromatic rings. The fourth-order valence-corrected chi connectivity index (χ4v) is 2.75. The van der Waals surface area contributed by atoms with Crippen LogP contribution in [0.3, 0.4) is 0 Å². The highest BCUT2D eigenvalue weighted by Crippen LogP contribution is 2.34. The zero-order valence-electron chi connectivity index (χ0n) is 15.0. The van der Waals surface area contributed by atoms with E-state index in [2.05, 4.69) is 10.6 Å². The van der Waals surface area contributed by atoms with Gasteiger partial charge >= 0.3 is 6.03 Å². The van der Waals surface area contributed by atoms with Crippen LogP contribution in [0.1, 0.15) is 11.1 Å². The number of carbonyl (C=O) groups excluding carboxylic acids is 1. The lowest BCUT2D eigenvalue weighted by molar-refractivity contribution is 0.174. The van der Waals surface area contributed by atoms with Crippen molar-refractivity contribution in [3.8, 4) is 23.0 Å². The predicted octanol–water partition coefficient (Wildman–Crippen LogP) is 3.11. The van der Waals surface area contributed by atoms with Gasteiger partial charge in [0.25, 0.3) is 0 Å². The Balaban J connectivity index is 1.54. The molecule has 3 rings (SSSR count). The van der Waals surface area contributed by atoms with Crippen LogP contribution in [0.4, 0.5) is 10.5 Å². The second-order valence-corrected chi connectivity index (χ2v) is 5.83. The molecule has 0 aliphatic carbocycles. The number of hydrogen-bond acceptors (Lipinski definition) is 5. The first-order chi connectivity index (χ1) is 12.6. The molecule has 1 heterocycles. The summed E-state index contributed by atoms with van der Waals surface area (Å²) in [5, 5.41) is 5.63. The largest absolute Gasteiger partial charge is 0.493 e. The SMILES string of the molecule is COc1cc(C)c(CCNC(=O)Nc2ccc3c(c2)OCO3)cc1OC. The Hall–Kier alpha value is -3.09. The van der Waals surface area contributed by atoms with E-state index < -0.39 is 0 Å². The van der Waals surface area contributed by atoms with Crippen LogP contribution < -0.4 is 29.6 Å². The van der Waals surface area contributed by atoms with Crippen molar-refractivity contribution in [3.63, 3.8) is 0 Å². The zero-order valence-corrected chi connectivity index (χ0v) is 15.0. The smallest absolute Gasteiger partial charge is 0.319 e. The number of carbonyl (C=O) groups is 1. The molecule has 2 aromatic carbocycles. The monoisotopic (exact) mass is 358 g/mol. The lowest BCUT2D eigenvalue weighted by Crippen LogP contribution is -2.30. The van der Waals surface area contributed by atoms with Gasteiger partial charge in [-0.05, 0) is 48.7 Å². The van der Waals surface area contributed by atoms with Crippen LogP contribution in [-0.2, 0) is 6.42 Å². The number of ether oxygens (including phenoxy) is 4. The summed E-state index contributed by atoms with van der Waals surface area (Å²) in [6, 6.07) is 8.87. The molecule has 2 amide bonds. The number of nitrogens with one attached hydrogen (secondary N) is 2. The molecule has 0 saturated heterocycles. The van der Waals surface area contributed by atoms with E-state index in [1.54, 1.807) is 32.4 Å². The highest BCUT2D eigenvalue weighted by atomic mass is 16.7. The summed E-state index contributed by atoms with van der Waals surface area (Å²) < 4.78 is 21.2. The summed E-state index contributed by atoms with van der Waals surface area (Å²) in [7, 11) is 3.22. The quantitative estimate of drug-likeness (QED) is 0.830. The Kier molecular flexibility index (Phi) is 5.36. The Morgan fingerprint density at radius 2 is 1.81 bits per heavy atom. The number of rotatable bonds is 6. The number of benzene rings is 2. The molecule has 0 atom stereocenters. The van der Waals surface area contributed by atoms with Gasteiger partial charge in [-0.2, -0.15) is 0 Å². The van der Waals surface area contributed by atoms with Crippen LogP contribution in [0.2, 0.25) is 0 Å². The van der Waals surface area contributed by atoms with E-state index in [-0.39, 0.29) is 12.8 Å². The third kappa shape index (κ3) is 3.93. The summed E-state index contributed by atoms with van der Waals surface area (Å²) in [5.74, 6) is 2.68. The maximum Gasteiger partial charge on any atom is 0.319 e. The van der Waals surface area contributed by atoms with Crippen molar-refractivity contribution >= 4 is 11.7 Å². The summed E-state index contributed by atoms with van der Waals surface area (Å²) >= 11 is 0. The highest BCUT2D eigenvalue weighted by Gasteiger charge is 2.14. The van der Waals surface area contributed by atoms with Gasteiger partial charge in [0.05, 0.1) is 14.2 Å². The Morgan fingerprint density at radius 1 is 1.08 bits per heavy atom. The molecule has 0 aromatic heterocycles. The number of anilines is 1. The summed E-state index contributed by atoms with van der Waals surface area (Å²) in [6.45, 7) is 2.70. The van der Waals surface area contributed by atoms with Crippen LogP contribution in [-0.4, -0.2) is 33.6 Å². The van der Waals surface area contributed by atoms with Crippen LogP contribution >= 0.6 is 0 Å². The molecule has 0 radical (unpaired) electrons. The maximum atomic E-state index is 12.1. The molecule has 1 aliphatic rings. The average Bonchev–Trinajstić information content (AvgIpc) is 3.10. The van der Waals surface area contributed by atoms with Gasteiger partial charge in [0.2, 0.25) is 6.79 Å². The van der Waals surface area contributed by atoms with Crippen LogP contribution in [0.25, 0.3) is 0 Å². The first kappa shape index (κ1) is 17.7. The predicted molar refractivity (Wildman–Crippen MR) is 97.6 cm³/mol. The minimum atomic E-state index is -0.276. The fourth-order valence-electron chi connectivity index (χ4n) is 2.75. The van der Waals surface area contributed by atoms with Crippen molar-refractivity contribution in [1.82, 2.24) is 5.32 Å². The summed E-state index contributed by atoms with van der Waals surface area (Å²) in [5.41, 5.74) is 2.82. The molecule has 138 valence electrons. The molecule has 7 heteroatoms. The maximum absolute atomic E-state index is 12.1. The zero-order chi connectivity index (χ0) is 18.5. The topological polar surface area (TPSA) is 78.1 Å². The Labute approximate surface area is 152 Å². The number of methoxy groups -OCH3 is 2. The van der Waals surface area contributed by atoms with Crippen molar-refractivity contribution in [3.05, 3.63) is 41.5 Å². The van der Waals surface area contributed by atoms with Crippen LogP contribution in [0, 0.1) is 6.92 Å². The summed E-state index contributed by atoms with van der Waals surface area (Å²) in [4.78, 5) is 12.1. The second-order valence-electron chi connectivity index (χ2n) is 5.83. The fraction of sp³-hybridized carbons (Fsp3) is 0.316. The molecule has 0 fully saturated rings. The van der Waals surface area contributed by atoms with Gasteiger partial charge in [-0.3, -0.25) is 0 Å². The summed E-state index contributed by atoms with van der Waals surface area (Å²) in [6.07, 6.45) is 0.681. The van der Waals surface area contributed by atoms with E-state index in [0.717, 1.165) is 11.1 Å². The molecule has 0 spiro atoms. The van der Waals surface area contributed by atoms with Crippen LogP contribution in [0.15, 0.2) is 30.3 Å². The van der Waals surface area contributed by atoms with Crippen LogP contribution in [0.5, 0.6) is 23.0 Å². The second kappa shape index (κ2) is 7.86. The third-order valence-corrected chi connectivity index (χ3v) is 4.15. The Morgan fingerprint density at radius 3 is 2.58 bits per heavy atom. The van der Waals surface area contributed by atoms with E-state index >= 15 is 0 Å². The van der Waals surface area contributed by atoms with Crippen molar-refractivity contribution < 1.29 is 23.7 Å². The van der Waals surface area contributed by atoms with Crippen molar-refractivity contribution in [2.75, 3.05) is 32.9 Å². The van der Waals surface area contributed by atoms with E-state index in [4.69, 9.17) is 18.9 Å². The molecule has 7 nitrogen and oxygen atoms in total. The van der Waals surface area contributed by atoms with Gasteiger partial charge < -0.3 is 29.6 Å². The van der Waals surface area contributed by atoms with Gasteiger partial charge in [0.1, 0.15) is 0 Å². The lowest BCUT2D eigenvalue weighted by Gasteiger charge is -2.13. The van der Waals surface area contributed by atoms with Gasteiger partial charge in [-0.25, -0.2) is 4.79 Å². The first-order valence-corrected chi connectivity index (χ1v) is 8.26. The molecule has 26 heavy (non-hydrogen) atoms. The molecule has 0 saturated carbocycles. The normalized spacial score (nSPS) is 11.8.